The maximum absolute atomic E-state index is 12.8. The summed E-state index contributed by atoms with van der Waals surface area (Å²) in [6.45, 7) is 5.82. The van der Waals surface area contributed by atoms with Crippen molar-refractivity contribution < 1.29 is 19.2 Å². The van der Waals surface area contributed by atoms with E-state index in [4.69, 9.17) is 10.3 Å². The lowest BCUT2D eigenvalue weighted by Crippen LogP contribution is -2.57. The standard InChI is InChI=1S/C14H21N3O4/c1-8(2)11(10-7-9(3)16-21-10)12(18)17-6-4-5-14(17,20)13(15)19/h7-8,11,20H,4-6H2,1-3H3,(H2,15,19)/t11-,14?/m0/s1. The van der Waals surface area contributed by atoms with Gasteiger partial charge in [0.25, 0.3) is 5.91 Å². The lowest BCUT2D eigenvalue weighted by molar-refractivity contribution is -0.167. The van der Waals surface area contributed by atoms with Gasteiger partial charge in [0.2, 0.25) is 11.6 Å². The summed E-state index contributed by atoms with van der Waals surface area (Å²) in [5.41, 5.74) is 4.03. The molecule has 0 radical (unpaired) electrons. The van der Waals surface area contributed by atoms with E-state index in [-0.39, 0.29) is 18.2 Å². The van der Waals surface area contributed by atoms with Crippen molar-refractivity contribution in [3.8, 4) is 0 Å². The van der Waals surface area contributed by atoms with Gasteiger partial charge < -0.3 is 20.3 Å². The highest BCUT2D eigenvalue weighted by Crippen LogP contribution is 2.34. The minimum atomic E-state index is -1.90. The van der Waals surface area contributed by atoms with Crippen molar-refractivity contribution in [1.29, 1.82) is 0 Å². The predicted molar refractivity (Wildman–Crippen MR) is 73.9 cm³/mol. The zero-order valence-corrected chi connectivity index (χ0v) is 12.5. The fourth-order valence-corrected chi connectivity index (χ4v) is 2.79. The van der Waals surface area contributed by atoms with Crippen LogP contribution in [0.25, 0.3) is 0 Å². The van der Waals surface area contributed by atoms with Crippen molar-refractivity contribution in [2.24, 2.45) is 11.7 Å². The summed E-state index contributed by atoms with van der Waals surface area (Å²) in [6.07, 6.45) is 0.694. The summed E-state index contributed by atoms with van der Waals surface area (Å²) < 4.78 is 5.20. The summed E-state index contributed by atoms with van der Waals surface area (Å²) in [7, 11) is 0. The molecule has 7 nitrogen and oxygen atoms in total. The Morgan fingerprint density at radius 3 is 2.67 bits per heavy atom. The van der Waals surface area contributed by atoms with Crippen LogP contribution in [-0.2, 0) is 9.59 Å². The highest BCUT2D eigenvalue weighted by Gasteiger charge is 2.49. The fraction of sp³-hybridized carbons (Fsp3) is 0.643. The predicted octanol–water partition coefficient (Wildman–Crippen LogP) is 0.519. The minimum absolute atomic E-state index is 0.0671. The smallest absolute Gasteiger partial charge is 0.270 e. The Bertz CT molecular complexity index is 554. The summed E-state index contributed by atoms with van der Waals surface area (Å²) in [6, 6.07) is 1.70. The number of aryl methyl sites for hydroxylation is 1. The molecule has 7 heteroatoms. The molecule has 2 atom stereocenters. The van der Waals surface area contributed by atoms with Crippen LogP contribution in [0, 0.1) is 12.8 Å². The van der Waals surface area contributed by atoms with E-state index in [1.54, 1.807) is 13.0 Å². The number of aliphatic hydroxyl groups is 1. The van der Waals surface area contributed by atoms with E-state index in [0.717, 1.165) is 4.90 Å². The topological polar surface area (TPSA) is 110 Å². The SMILES string of the molecule is Cc1cc([C@@H](C(=O)N2CCCC2(O)C(N)=O)C(C)C)on1. The maximum atomic E-state index is 12.8. The van der Waals surface area contributed by atoms with Gasteiger partial charge in [-0.05, 0) is 19.3 Å². The molecule has 21 heavy (non-hydrogen) atoms. The van der Waals surface area contributed by atoms with E-state index in [9.17, 15) is 14.7 Å². The normalized spacial score (nSPS) is 23.6. The van der Waals surface area contributed by atoms with Crippen LogP contribution in [0.2, 0.25) is 0 Å². The number of primary amides is 1. The summed E-state index contributed by atoms with van der Waals surface area (Å²) in [5.74, 6) is -1.49. The van der Waals surface area contributed by atoms with Gasteiger partial charge in [-0.25, -0.2) is 0 Å². The van der Waals surface area contributed by atoms with E-state index in [1.807, 2.05) is 13.8 Å². The van der Waals surface area contributed by atoms with Gasteiger partial charge in [-0.1, -0.05) is 19.0 Å². The number of aromatic nitrogens is 1. The van der Waals surface area contributed by atoms with Gasteiger partial charge in [0.15, 0.2) is 0 Å². The molecule has 1 fully saturated rings. The minimum Gasteiger partial charge on any atom is -0.365 e. The van der Waals surface area contributed by atoms with Crippen molar-refractivity contribution in [2.45, 2.75) is 45.3 Å². The van der Waals surface area contributed by atoms with Crippen LogP contribution in [-0.4, -0.2) is 39.2 Å². The average Bonchev–Trinajstić information content (AvgIpc) is 2.96. The number of rotatable bonds is 4. The Labute approximate surface area is 123 Å². The van der Waals surface area contributed by atoms with Gasteiger partial charge in [-0.2, -0.15) is 0 Å². The first-order valence-electron chi connectivity index (χ1n) is 7.04. The number of amides is 2. The zero-order valence-electron chi connectivity index (χ0n) is 12.5. The zero-order chi connectivity index (χ0) is 15.8. The van der Waals surface area contributed by atoms with Crippen molar-refractivity contribution in [2.75, 3.05) is 6.54 Å². The quantitative estimate of drug-likeness (QED) is 0.841. The monoisotopic (exact) mass is 295 g/mol. The summed E-state index contributed by atoms with van der Waals surface area (Å²) in [5, 5.41) is 14.2. The molecule has 1 aromatic heterocycles. The third-order valence-electron chi connectivity index (χ3n) is 3.90. The van der Waals surface area contributed by atoms with Gasteiger partial charge in [-0.15, -0.1) is 0 Å². The van der Waals surface area contributed by atoms with Crippen LogP contribution in [0.1, 0.15) is 44.1 Å². The second-order valence-electron chi connectivity index (χ2n) is 5.87. The molecule has 3 N–H and O–H groups in total. The molecule has 1 aliphatic heterocycles. The summed E-state index contributed by atoms with van der Waals surface area (Å²) >= 11 is 0. The third-order valence-corrected chi connectivity index (χ3v) is 3.90. The number of likely N-dealkylation sites (tertiary alicyclic amines) is 1. The molecule has 1 aromatic rings. The van der Waals surface area contributed by atoms with Gasteiger partial charge in [0.1, 0.15) is 11.7 Å². The Morgan fingerprint density at radius 1 is 1.52 bits per heavy atom. The van der Waals surface area contributed by atoms with E-state index >= 15 is 0 Å². The van der Waals surface area contributed by atoms with Crippen molar-refractivity contribution in [1.82, 2.24) is 10.1 Å². The van der Waals surface area contributed by atoms with Crippen molar-refractivity contribution >= 4 is 11.8 Å². The Balaban J connectivity index is 2.33. The molecular weight excluding hydrogens is 274 g/mol. The van der Waals surface area contributed by atoms with E-state index in [0.29, 0.717) is 24.4 Å². The molecule has 1 unspecified atom stereocenters. The molecule has 1 aliphatic rings. The number of carbonyl (C=O) groups is 2. The lowest BCUT2D eigenvalue weighted by Gasteiger charge is -2.33. The molecule has 2 heterocycles. The number of nitrogens with two attached hydrogens (primary N) is 1. The van der Waals surface area contributed by atoms with Crippen LogP contribution in [0.3, 0.4) is 0 Å². The van der Waals surface area contributed by atoms with Gasteiger partial charge in [-0.3, -0.25) is 9.59 Å². The molecule has 0 bridgehead atoms. The molecule has 0 aromatic carbocycles. The molecule has 116 valence electrons. The second-order valence-corrected chi connectivity index (χ2v) is 5.87. The van der Waals surface area contributed by atoms with Crippen molar-refractivity contribution in [3.63, 3.8) is 0 Å². The second kappa shape index (κ2) is 5.48. The average molecular weight is 295 g/mol. The summed E-state index contributed by atoms with van der Waals surface area (Å²) in [4.78, 5) is 25.5. The largest absolute Gasteiger partial charge is 0.365 e. The fourth-order valence-electron chi connectivity index (χ4n) is 2.79. The number of hydrogen-bond donors (Lipinski definition) is 2. The Kier molecular flexibility index (Phi) is 4.04. The molecule has 0 spiro atoms. The highest BCUT2D eigenvalue weighted by molar-refractivity contribution is 5.92. The van der Waals surface area contributed by atoms with Crippen LogP contribution in [0.4, 0.5) is 0 Å². The van der Waals surface area contributed by atoms with E-state index < -0.39 is 17.6 Å². The molecule has 2 rings (SSSR count). The third kappa shape index (κ3) is 2.65. The molecule has 0 saturated carbocycles. The van der Waals surface area contributed by atoms with Gasteiger partial charge in [0.05, 0.1) is 5.69 Å². The number of hydrogen-bond acceptors (Lipinski definition) is 5. The van der Waals surface area contributed by atoms with E-state index in [2.05, 4.69) is 5.16 Å². The number of nitrogens with zero attached hydrogens (tertiary/aromatic N) is 2. The maximum Gasteiger partial charge on any atom is 0.270 e. The lowest BCUT2D eigenvalue weighted by atomic mass is 9.91. The Hall–Kier alpha value is -1.89. The van der Waals surface area contributed by atoms with Crippen LogP contribution in [0.15, 0.2) is 10.6 Å². The highest BCUT2D eigenvalue weighted by atomic mass is 16.5. The van der Waals surface area contributed by atoms with Crippen LogP contribution >= 0.6 is 0 Å². The van der Waals surface area contributed by atoms with Gasteiger partial charge in [0, 0.05) is 19.0 Å². The van der Waals surface area contributed by atoms with Crippen molar-refractivity contribution in [3.05, 3.63) is 17.5 Å². The number of carbonyl (C=O) groups excluding carboxylic acids is 2. The first-order valence-corrected chi connectivity index (χ1v) is 7.04. The van der Waals surface area contributed by atoms with Gasteiger partial charge >= 0.3 is 0 Å². The Morgan fingerprint density at radius 2 is 2.19 bits per heavy atom. The first kappa shape index (κ1) is 15.5. The van der Waals surface area contributed by atoms with E-state index in [1.165, 1.54) is 0 Å². The molecular formula is C14H21N3O4. The van der Waals surface area contributed by atoms with Crippen LogP contribution in [0.5, 0.6) is 0 Å². The molecule has 2 amide bonds. The molecule has 1 saturated heterocycles. The van der Waals surface area contributed by atoms with Crippen LogP contribution < -0.4 is 5.73 Å². The molecule has 0 aliphatic carbocycles. The first-order chi connectivity index (χ1) is 9.77.